The van der Waals surface area contributed by atoms with Crippen LogP contribution in [0.1, 0.15) is 19.4 Å². The van der Waals surface area contributed by atoms with Crippen molar-refractivity contribution in [3.05, 3.63) is 40.2 Å². The Balaban J connectivity index is 0.00000220. The molecule has 5 nitrogen and oxygen atoms in total. The Bertz CT molecular complexity index is 710. The number of anilines is 1. The number of hydrogen-bond donors (Lipinski definition) is 2. The lowest BCUT2D eigenvalue weighted by molar-refractivity contribution is -0.118. The molecule has 0 spiro atoms. The molecule has 1 aromatic heterocycles. The average Bonchev–Trinajstić information content (AvgIpc) is 2.36. The number of fused-ring (bicyclic) bond motifs is 1. The third kappa shape index (κ3) is 3.83. The average molecular weight is 311 g/mol. The summed E-state index contributed by atoms with van der Waals surface area (Å²) < 4.78 is 5.13. The second-order valence-corrected chi connectivity index (χ2v) is 5.22. The zero-order chi connectivity index (χ0) is 14.9. The number of carbonyl (C=O) groups is 1. The lowest BCUT2D eigenvalue weighted by Crippen LogP contribution is -2.39. The Morgan fingerprint density at radius 2 is 1.95 bits per heavy atom. The summed E-state index contributed by atoms with van der Waals surface area (Å²) in [6.07, 6.45) is 0. The minimum Gasteiger partial charge on any atom is -0.423 e. The monoisotopic (exact) mass is 310 g/mol. The van der Waals surface area contributed by atoms with Gasteiger partial charge in [-0.25, -0.2) is 4.79 Å². The quantitative estimate of drug-likeness (QED) is 0.853. The van der Waals surface area contributed by atoms with Crippen LogP contribution in [0.3, 0.4) is 0 Å². The van der Waals surface area contributed by atoms with Gasteiger partial charge in [-0.1, -0.05) is 13.8 Å². The summed E-state index contributed by atoms with van der Waals surface area (Å²) in [5.74, 6) is -0.204. The van der Waals surface area contributed by atoms with Gasteiger partial charge in [-0.05, 0) is 30.5 Å². The SMILES string of the molecule is Cc1cc(=O)oc2cc(NC(=O)[C@@H](N)C(C)C)ccc12.Cl. The van der Waals surface area contributed by atoms with Gasteiger partial charge < -0.3 is 15.5 Å². The van der Waals surface area contributed by atoms with E-state index in [0.717, 1.165) is 10.9 Å². The van der Waals surface area contributed by atoms with Crippen LogP contribution in [0.4, 0.5) is 5.69 Å². The topological polar surface area (TPSA) is 85.3 Å². The number of nitrogens with one attached hydrogen (secondary N) is 1. The second kappa shape index (κ2) is 6.74. The van der Waals surface area contributed by atoms with Crippen molar-refractivity contribution in [1.29, 1.82) is 0 Å². The number of amides is 1. The number of carbonyl (C=O) groups excluding carboxylic acids is 1. The Morgan fingerprint density at radius 3 is 2.57 bits per heavy atom. The molecule has 1 amide bonds. The van der Waals surface area contributed by atoms with Gasteiger partial charge in [0.15, 0.2) is 0 Å². The first kappa shape index (κ1) is 17.2. The van der Waals surface area contributed by atoms with Crippen LogP contribution in [0.25, 0.3) is 11.0 Å². The van der Waals surface area contributed by atoms with Gasteiger partial charge in [0.2, 0.25) is 5.91 Å². The highest BCUT2D eigenvalue weighted by Gasteiger charge is 2.17. The molecule has 0 bridgehead atoms. The molecule has 0 fully saturated rings. The normalized spacial score (nSPS) is 12.0. The Labute approximate surface area is 128 Å². The number of halogens is 1. The lowest BCUT2D eigenvalue weighted by atomic mass is 10.0. The number of rotatable bonds is 3. The van der Waals surface area contributed by atoms with Gasteiger partial charge in [0.05, 0.1) is 6.04 Å². The fourth-order valence-electron chi connectivity index (χ4n) is 1.93. The van der Waals surface area contributed by atoms with Crippen LogP contribution in [0.2, 0.25) is 0 Å². The molecule has 0 radical (unpaired) electrons. The molecule has 21 heavy (non-hydrogen) atoms. The molecular formula is C15H19ClN2O3. The Hall–Kier alpha value is -1.85. The highest BCUT2D eigenvalue weighted by molar-refractivity contribution is 5.96. The molecule has 3 N–H and O–H groups in total. The lowest BCUT2D eigenvalue weighted by Gasteiger charge is -2.15. The molecule has 0 saturated heterocycles. The molecule has 1 aromatic carbocycles. The molecule has 1 heterocycles. The van der Waals surface area contributed by atoms with Gasteiger partial charge in [0.25, 0.3) is 0 Å². The standard InChI is InChI=1S/C15H18N2O3.ClH/c1-8(2)14(16)15(19)17-10-4-5-11-9(3)6-13(18)20-12(11)7-10;/h4-8,14H,16H2,1-3H3,(H,17,19);1H/t14-;/m0./s1. The summed E-state index contributed by atoms with van der Waals surface area (Å²) in [6, 6.07) is 6.07. The van der Waals surface area contributed by atoms with Crippen molar-refractivity contribution in [3.8, 4) is 0 Å². The summed E-state index contributed by atoms with van der Waals surface area (Å²) in [5, 5.41) is 3.57. The van der Waals surface area contributed by atoms with E-state index in [0.29, 0.717) is 11.3 Å². The predicted molar refractivity (Wildman–Crippen MR) is 85.9 cm³/mol. The van der Waals surface area contributed by atoms with Crippen molar-refractivity contribution in [2.45, 2.75) is 26.8 Å². The van der Waals surface area contributed by atoms with Crippen LogP contribution >= 0.6 is 12.4 Å². The minimum atomic E-state index is -0.574. The van der Waals surface area contributed by atoms with Crippen LogP contribution in [0.15, 0.2) is 33.5 Å². The third-order valence-corrected chi connectivity index (χ3v) is 3.24. The van der Waals surface area contributed by atoms with Gasteiger partial charge in [-0.15, -0.1) is 12.4 Å². The van der Waals surface area contributed by atoms with E-state index in [4.69, 9.17) is 10.2 Å². The summed E-state index contributed by atoms with van der Waals surface area (Å²) >= 11 is 0. The van der Waals surface area contributed by atoms with Crippen molar-refractivity contribution in [3.63, 3.8) is 0 Å². The Morgan fingerprint density at radius 1 is 1.29 bits per heavy atom. The van der Waals surface area contributed by atoms with E-state index in [1.807, 2.05) is 26.8 Å². The van der Waals surface area contributed by atoms with Gasteiger partial charge >= 0.3 is 5.63 Å². The highest BCUT2D eigenvalue weighted by Crippen LogP contribution is 2.21. The molecule has 0 saturated carbocycles. The largest absolute Gasteiger partial charge is 0.423 e. The summed E-state index contributed by atoms with van der Waals surface area (Å²) in [5.41, 5.74) is 7.23. The number of nitrogens with two attached hydrogens (primary N) is 1. The summed E-state index contributed by atoms with van der Waals surface area (Å²) in [7, 11) is 0. The molecular weight excluding hydrogens is 292 g/mol. The third-order valence-electron chi connectivity index (χ3n) is 3.24. The van der Waals surface area contributed by atoms with Crippen LogP contribution in [0.5, 0.6) is 0 Å². The highest BCUT2D eigenvalue weighted by atomic mass is 35.5. The van der Waals surface area contributed by atoms with Gasteiger partial charge in [-0.2, -0.15) is 0 Å². The second-order valence-electron chi connectivity index (χ2n) is 5.22. The van der Waals surface area contributed by atoms with E-state index >= 15 is 0 Å². The number of benzene rings is 1. The molecule has 2 aromatic rings. The van der Waals surface area contributed by atoms with Crippen LogP contribution in [-0.2, 0) is 4.79 Å². The smallest absolute Gasteiger partial charge is 0.336 e. The first-order valence-corrected chi connectivity index (χ1v) is 6.49. The molecule has 2 rings (SSSR count). The van der Waals surface area contributed by atoms with Crippen LogP contribution < -0.4 is 16.7 Å². The maximum atomic E-state index is 11.9. The summed E-state index contributed by atoms with van der Waals surface area (Å²) in [4.78, 5) is 23.3. The van der Waals surface area contributed by atoms with E-state index in [2.05, 4.69) is 5.32 Å². The van der Waals surface area contributed by atoms with Gasteiger partial charge in [0.1, 0.15) is 5.58 Å². The number of aryl methyl sites for hydroxylation is 1. The molecule has 6 heteroatoms. The number of hydrogen-bond acceptors (Lipinski definition) is 4. The van der Waals surface area contributed by atoms with Crippen LogP contribution in [-0.4, -0.2) is 11.9 Å². The van der Waals surface area contributed by atoms with Crippen molar-refractivity contribution >= 4 is 35.0 Å². The zero-order valence-electron chi connectivity index (χ0n) is 12.2. The molecule has 0 aliphatic heterocycles. The van der Waals surface area contributed by atoms with Crippen molar-refractivity contribution in [2.24, 2.45) is 11.7 Å². The van der Waals surface area contributed by atoms with Gasteiger partial charge in [0, 0.05) is 23.2 Å². The van der Waals surface area contributed by atoms with Crippen molar-refractivity contribution in [2.75, 3.05) is 5.32 Å². The molecule has 0 aliphatic rings. The Kier molecular flexibility index (Phi) is 5.52. The molecule has 114 valence electrons. The van der Waals surface area contributed by atoms with Crippen LogP contribution in [0, 0.1) is 12.8 Å². The molecule has 0 aliphatic carbocycles. The predicted octanol–water partition coefficient (Wildman–Crippen LogP) is 2.45. The zero-order valence-corrected chi connectivity index (χ0v) is 13.0. The maximum absolute atomic E-state index is 11.9. The van der Waals surface area contributed by atoms with E-state index in [1.54, 1.807) is 12.1 Å². The van der Waals surface area contributed by atoms with Gasteiger partial charge in [-0.3, -0.25) is 4.79 Å². The first-order chi connectivity index (χ1) is 9.38. The van der Waals surface area contributed by atoms with Crippen molar-refractivity contribution in [1.82, 2.24) is 0 Å². The van der Waals surface area contributed by atoms with E-state index < -0.39 is 11.7 Å². The fraction of sp³-hybridized carbons (Fsp3) is 0.333. The summed E-state index contributed by atoms with van der Waals surface area (Å²) in [6.45, 7) is 5.60. The first-order valence-electron chi connectivity index (χ1n) is 6.49. The van der Waals surface area contributed by atoms with E-state index in [-0.39, 0.29) is 24.2 Å². The van der Waals surface area contributed by atoms with Crippen molar-refractivity contribution < 1.29 is 9.21 Å². The molecule has 0 unspecified atom stereocenters. The van der Waals surface area contributed by atoms with E-state index in [9.17, 15) is 9.59 Å². The molecule has 1 atom stereocenters. The minimum absolute atomic E-state index is 0. The fourth-order valence-corrected chi connectivity index (χ4v) is 1.93. The van der Waals surface area contributed by atoms with E-state index in [1.165, 1.54) is 6.07 Å². The maximum Gasteiger partial charge on any atom is 0.336 e.